The first-order chi connectivity index (χ1) is 9.49. The molecule has 0 aromatic heterocycles. The van der Waals surface area contributed by atoms with Crippen molar-refractivity contribution in [2.24, 2.45) is 0 Å². The van der Waals surface area contributed by atoms with Crippen LogP contribution in [0.2, 0.25) is 0 Å². The lowest BCUT2D eigenvalue weighted by atomic mass is 10.2. The standard InChI is InChI=1S/C15H16FNO2S/c1-17(11-14-9-5-6-10-15(14)16)20(18,19)12-13-7-3-2-4-8-13/h2-10H,11-12H2,1H3. The first-order valence-corrected chi connectivity index (χ1v) is 7.81. The van der Waals surface area contributed by atoms with E-state index in [0.29, 0.717) is 11.1 Å². The van der Waals surface area contributed by atoms with Gasteiger partial charge in [-0.3, -0.25) is 0 Å². The largest absolute Gasteiger partial charge is 0.218 e. The second-order valence-electron chi connectivity index (χ2n) is 4.59. The van der Waals surface area contributed by atoms with Crippen molar-refractivity contribution in [3.63, 3.8) is 0 Å². The van der Waals surface area contributed by atoms with Crippen LogP contribution in [0.4, 0.5) is 4.39 Å². The third kappa shape index (κ3) is 3.65. The first kappa shape index (κ1) is 14.7. The molecule has 0 N–H and O–H groups in total. The summed E-state index contributed by atoms with van der Waals surface area (Å²) in [6, 6.07) is 15.1. The molecule has 5 heteroatoms. The van der Waals surface area contributed by atoms with Crippen LogP contribution in [0.1, 0.15) is 11.1 Å². The molecule has 0 saturated heterocycles. The molecule has 0 atom stereocenters. The molecule has 106 valence electrons. The maximum absolute atomic E-state index is 13.5. The van der Waals surface area contributed by atoms with Crippen LogP contribution < -0.4 is 0 Å². The zero-order valence-corrected chi connectivity index (χ0v) is 12.0. The first-order valence-electron chi connectivity index (χ1n) is 6.20. The van der Waals surface area contributed by atoms with Crippen LogP contribution in [0.5, 0.6) is 0 Å². The van der Waals surface area contributed by atoms with E-state index in [2.05, 4.69) is 0 Å². The molecule has 0 unspecified atom stereocenters. The van der Waals surface area contributed by atoms with Crippen LogP contribution in [-0.2, 0) is 22.3 Å². The molecule has 0 fully saturated rings. The number of rotatable bonds is 5. The molecule has 0 amide bonds. The molecule has 0 aliphatic heterocycles. The minimum absolute atomic E-state index is 0.0296. The van der Waals surface area contributed by atoms with Gasteiger partial charge in [-0.1, -0.05) is 48.5 Å². The lowest BCUT2D eigenvalue weighted by Crippen LogP contribution is -2.28. The second kappa shape index (κ2) is 6.15. The van der Waals surface area contributed by atoms with E-state index in [9.17, 15) is 12.8 Å². The molecule has 0 bridgehead atoms. The summed E-state index contributed by atoms with van der Waals surface area (Å²) >= 11 is 0. The minimum atomic E-state index is -3.46. The Balaban J connectivity index is 2.12. The number of halogens is 1. The van der Waals surface area contributed by atoms with Crippen molar-refractivity contribution in [1.82, 2.24) is 4.31 Å². The van der Waals surface area contributed by atoms with E-state index in [1.165, 1.54) is 17.4 Å². The highest BCUT2D eigenvalue weighted by molar-refractivity contribution is 7.88. The van der Waals surface area contributed by atoms with Crippen molar-refractivity contribution in [2.75, 3.05) is 7.05 Å². The lowest BCUT2D eigenvalue weighted by Gasteiger charge is -2.17. The van der Waals surface area contributed by atoms with Gasteiger partial charge in [0, 0.05) is 19.2 Å². The normalized spacial score (nSPS) is 11.8. The van der Waals surface area contributed by atoms with Gasteiger partial charge < -0.3 is 0 Å². The molecule has 0 radical (unpaired) electrons. The van der Waals surface area contributed by atoms with Crippen molar-refractivity contribution >= 4 is 10.0 Å². The van der Waals surface area contributed by atoms with E-state index >= 15 is 0 Å². The summed E-state index contributed by atoms with van der Waals surface area (Å²) in [4.78, 5) is 0. The summed E-state index contributed by atoms with van der Waals surface area (Å²) in [6.45, 7) is 0.0296. The third-order valence-corrected chi connectivity index (χ3v) is 4.79. The molecule has 0 saturated carbocycles. The Morgan fingerprint density at radius 1 is 1.00 bits per heavy atom. The zero-order chi connectivity index (χ0) is 14.6. The molecule has 0 aliphatic rings. The van der Waals surface area contributed by atoms with Crippen LogP contribution in [0.25, 0.3) is 0 Å². The van der Waals surface area contributed by atoms with Crippen LogP contribution in [-0.4, -0.2) is 19.8 Å². The molecule has 2 rings (SSSR count). The van der Waals surface area contributed by atoms with E-state index in [4.69, 9.17) is 0 Å². The predicted octanol–water partition coefficient (Wildman–Crippen LogP) is 2.79. The Kier molecular flexibility index (Phi) is 4.52. The Labute approximate surface area is 118 Å². The van der Waals surface area contributed by atoms with E-state index in [-0.39, 0.29) is 12.3 Å². The van der Waals surface area contributed by atoms with Gasteiger partial charge in [0.25, 0.3) is 0 Å². The number of benzene rings is 2. The highest BCUT2D eigenvalue weighted by Crippen LogP contribution is 2.14. The van der Waals surface area contributed by atoms with Gasteiger partial charge in [-0.2, -0.15) is 0 Å². The monoisotopic (exact) mass is 293 g/mol. The fraction of sp³-hybridized carbons (Fsp3) is 0.200. The number of hydrogen-bond acceptors (Lipinski definition) is 2. The van der Waals surface area contributed by atoms with Gasteiger partial charge in [0.1, 0.15) is 5.82 Å². The molecule has 2 aromatic rings. The van der Waals surface area contributed by atoms with Crippen molar-refractivity contribution in [2.45, 2.75) is 12.3 Å². The fourth-order valence-electron chi connectivity index (χ4n) is 1.86. The van der Waals surface area contributed by atoms with Gasteiger partial charge in [0.2, 0.25) is 10.0 Å². The quantitative estimate of drug-likeness (QED) is 0.850. The smallest absolute Gasteiger partial charge is 0.212 e. The molecule has 0 aliphatic carbocycles. The van der Waals surface area contributed by atoms with Gasteiger partial charge in [-0.05, 0) is 11.6 Å². The third-order valence-electron chi connectivity index (χ3n) is 3.02. The van der Waals surface area contributed by atoms with E-state index in [0.717, 1.165) is 0 Å². The highest BCUT2D eigenvalue weighted by atomic mass is 32.2. The highest BCUT2D eigenvalue weighted by Gasteiger charge is 2.19. The van der Waals surface area contributed by atoms with Crippen LogP contribution in [0.3, 0.4) is 0 Å². The maximum Gasteiger partial charge on any atom is 0.218 e. The van der Waals surface area contributed by atoms with Gasteiger partial charge in [0.05, 0.1) is 5.75 Å². The SMILES string of the molecule is CN(Cc1ccccc1F)S(=O)(=O)Cc1ccccc1. The van der Waals surface area contributed by atoms with Gasteiger partial charge in [-0.15, -0.1) is 0 Å². The van der Waals surface area contributed by atoms with Crippen molar-refractivity contribution in [3.05, 3.63) is 71.5 Å². The summed E-state index contributed by atoms with van der Waals surface area (Å²) in [5.41, 5.74) is 1.08. The molecule has 0 heterocycles. The molecule has 20 heavy (non-hydrogen) atoms. The Bertz CT molecular complexity index is 671. The van der Waals surface area contributed by atoms with Gasteiger partial charge in [0.15, 0.2) is 0 Å². The van der Waals surface area contributed by atoms with Crippen molar-refractivity contribution in [1.29, 1.82) is 0 Å². The average molecular weight is 293 g/mol. The van der Waals surface area contributed by atoms with Crippen LogP contribution in [0, 0.1) is 5.82 Å². The summed E-state index contributed by atoms with van der Waals surface area (Å²) in [5.74, 6) is -0.479. The number of sulfonamides is 1. The summed E-state index contributed by atoms with van der Waals surface area (Å²) in [7, 11) is -2.00. The van der Waals surface area contributed by atoms with Crippen molar-refractivity contribution < 1.29 is 12.8 Å². The van der Waals surface area contributed by atoms with E-state index in [1.807, 2.05) is 6.07 Å². The fourth-order valence-corrected chi connectivity index (χ4v) is 3.03. The number of hydrogen-bond donors (Lipinski definition) is 0. The van der Waals surface area contributed by atoms with Crippen LogP contribution in [0.15, 0.2) is 54.6 Å². The molecular weight excluding hydrogens is 277 g/mol. The zero-order valence-electron chi connectivity index (χ0n) is 11.2. The summed E-state index contributed by atoms with van der Waals surface area (Å²) < 4.78 is 39.2. The lowest BCUT2D eigenvalue weighted by molar-refractivity contribution is 0.455. The Hall–Kier alpha value is -1.72. The average Bonchev–Trinajstić information content (AvgIpc) is 2.42. The van der Waals surface area contributed by atoms with E-state index in [1.54, 1.807) is 42.5 Å². The van der Waals surface area contributed by atoms with Gasteiger partial charge >= 0.3 is 0 Å². The van der Waals surface area contributed by atoms with Crippen molar-refractivity contribution in [3.8, 4) is 0 Å². The molecule has 3 nitrogen and oxygen atoms in total. The minimum Gasteiger partial charge on any atom is -0.212 e. The molecular formula is C15H16FNO2S. The van der Waals surface area contributed by atoms with E-state index < -0.39 is 15.8 Å². The van der Waals surface area contributed by atoms with Crippen LogP contribution >= 0.6 is 0 Å². The maximum atomic E-state index is 13.5. The predicted molar refractivity (Wildman–Crippen MR) is 76.9 cm³/mol. The summed E-state index contributed by atoms with van der Waals surface area (Å²) in [5, 5.41) is 0. The second-order valence-corrected chi connectivity index (χ2v) is 6.67. The summed E-state index contributed by atoms with van der Waals surface area (Å²) in [6.07, 6.45) is 0. The number of nitrogens with zero attached hydrogens (tertiary/aromatic N) is 1. The Morgan fingerprint density at radius 3 is 2.25 bits per heavy atom. The topological polar surface area (TPSA) is 37.4 Å². The Morgan fingerprint density at radius 2 is 1.60 bits per heavy atom. The van der Waals surface area contributed by atoms with Gasteiger partial charge in [-0.25, -0.2) is 17.1 Å². The molecule has 0 spiro atoms. The molecule has 2 aromatic carbocycles.